The van der Waals surface area contributed by atoms with Crippen LogP contribution in [0.25, 0.3) is 10.9 Å². The molecular formula is C26H28FN7O3. The van der Waals surface area contributed by atoms with Crippen LogP contribution in [0.1, 0.15) is 36.3 Å². The van der Waals surface area contributed by atoms with Crippen LogP contribution in [-0.4, -0.2) is 74.5 Å². The minimum absolute atomic E-state index is 0.158. The summed E-state index contributed by atoms with van der Waals surface area (Å²) in [6.07, 6.45) is 1.10. The fourth-order valence-corrected chi connectivity index (χ4v) is 5.16. The number of hydrogen-bond acceptors (Lipinski definition) is 8. The van der Waals surface area contributed by atoms with Crippen molar-refractivity contribution in [1.29, 1.82) is 0 Å². The number of piperazine rings is 1. The summed E-state index contributed by atoms with van der Waals surface area (Å²) < 4.78 is 26.2. The fraction of sp³-hybridized carbons (Fsp3) is 0.385. The Morgan fingerprint density at radius 3 is 2.57 bits per heavy atom. The first-order valence-corrected chi connectivity index (χ1v) is 12.5. The van der Waals surface area contributed by atoms with E-state index in [1.54, 1.807) is 22.9 Å². The summed E-state index contributed by atoms with van der Waals surface area (Å²) >= 11 is 0. The van der Waals surface area contributed by atoms with Gasteiger partial charge < -0.3 is 19.4 Å². The van der Waals surface area contributed by atoms with Gasteiger partial charge in [0.25, 0.3) is 5.56 Å². The molecule has 2 aromatic carbocycles. The molecule has 4 heterocycles. The number of rotatable bonds is 7. The highest BCUT2D eigenvalue weighted by Gasteiger charge is 2.33. The minimum atomic E-state index is -0.460. The highest BCUT2D eigenvalue weighted by atomic mass is 19.1. The zero-order valence-electron chi connectivity index (χ0n) is 20.6. The van der Waals surface area contributed by atoms with Crippen LogP contribution in [0.3, 0.4) is 0 Å². The second-order valence-electron chi connectivity index (χ2n) is 9.45. The van der Waals surface area contributed by atoms with E-state index in [0.717, 1.165) is 50.1 Å². The van der Waals surface area contributed by atoms with Crippen LogP contribution in [0.4, 0.5) is 4.39 Å². The summed E-state index contributed by atoms with van der Waals surface area (Å²) in [6, 6.07) is 11.4. The lowest BCUT2D eigenvalue weighted by molar-refractivity contribution is 0.104. The molecule has 0 aliphatic carbocycles. The minimum Gasteiger partial charge on any atom is -0.454 e. The van der Waals surface area contributed by atoms with Gasteiger partial charge in [-0.15, -0.1) is 5.10 Å². The van der Waals surface area contributed by atoms with E-state index in [4.69, 9.17) is 9.47 Å². The van der Waals surface area contributed by atoms with Gasteiger partial charge in [0.2, 0.25) is 6.79 Å². The number of hydrogen-bond donors (Lipinski definition) is 1. The molecule has 0 saturated carbocycles. The lowest BCUT2D eigenvalue weighted by Crippen LogP contribution is -2.49. The van der Waals surface area contributed by atoms with E-state index < -0.39 is 6.04 Å². The molecule has 1 saturated heterocycles. The maximum absolute atomic E-state index is 13.5. The highest BCUT2D eigenvalue weighted by molar-refractivity contribution is 5.83. The first kappa shape index (κ1) is 23.6. The second-order valence-corrected chi connectivity index (χ2v) is 9.45. The maximum atomic E-state index is 13.5. The number of fused-ring (bicyclic) bond motifs is 2. The lowest BCUT2D eigenvalue weighted by atomic mass is 10.0. The number of nitrogens with one attached hydrogen (secondary N) is 1. The van der Waals surface area contributed by atoms with Crippen LogP contribution in [0.15, 0.2) is 47.3 Å². The number of pyridine rings is 1. The first-order valence-electron chi connectivity index (χ1n) is 12.5. The van der Waals surface area contributed by atoms with E-state index in [1.165, 1.54) is 12.1 Å². The Hall–Kier alpha value is -3.83. The SMILES string of the molecule is CCCN1CCN([C@@H](c2cc3cc4c(cc3[nH]c2=O)OCO4)c2nnnn2Cc2ccc(F)cc2)CC1. The van der Waals surface area contributed by atoms with Crippen molar-refractivity contribution < 1.29 is 13.9 Å². The number of halogens is 1. The van der Waals surface area contributed by atoms with Gasteiger partial charge in [-0.3, -0.25) is 9.69 Å². The van der Waals surface area contributed by atoms with Crippen LogP contribution in [-0.2, 0) is 6.54 Å². The van der Waals surface area contributed by atoms with Gasteiger partial charge in [-0.25, -0.2) is 9.07 Å². The van der Waals surface area contributed by atoms with E-state index in [9.17, 15) is 9.18 Å². The first-order chi connectivity index (χ1) is 18.1. The van der Waals surface area contributed by atoms with Crippen molar-refractivity contribution in [3.63, 3.8) is 0 Å². The van der Waals surface area contributed by atoms with Gasteiger partial charge in [0.15, 0.2) is 17.3 Å². The Labute approximate surface area is 212 Å². The number of ether oxygens (including phenoxy) is 2. The van der Waals surface area contributed by atoms with E-state index in [2.05, 4.69) is 37.2 Å². The normalized spacial score (nSPS) is 16.9. The summed E-state index contributed by atoms with van der Waals surface area (Å²) in [6.45, 7) is 7.08. The monoisotopic (exact) mass is 505 g/mol. The molecule has 11 heteroatoms. The van der Waals surface area contributed by atoms with Crippen molar-refractivity contribution in [3.05, 3.63) is 75.6 Å². The van der Waals surface area contributed by atoms with Crippen molar-refractivity contribution >= 4 is 10.9 Å². The molecule has 37 heavy (non-hydrogen) atoms. The Balaban J connectivity index is 1.41. The van der Waals surface area contributed by atoms with Gasteiger partial charge in [0.1, 0.15) is 11.9 Å². The van der Waals surface area contributed by atoms with Crippen molar-refractivity contribution in [2.75, 3.05) is 39.5 Å². The van der Waals surface area contributed by atoms with E-state index in [0.29, 0.717) is 34.9 Å². The lowest BCUT2D eigenvalue weighted by Gasteiger charge is -2.38. The van der Waals surface area contributed by atoms with Gasteiger partial charge in [-0.1, -0.05) is 19.1 Å². The van der Waals surface area contributed by atoms with Crippen LogP contribution in [0.5, 0.6) is 11.5 Å². The Morgan fingerprint density at radius 1 is 1.05 bits per heavy atom. The van der Waals surface area contributed by atoms with Gasteiger partial charge >= 0.3 is 0 Å². The molecule has 1 N–H and O–H groups in total. The number of nitrogens with zero attached hydrogens (tertiary/aromatic N) is 6. The van der Waals surface area contributed by atoms with Crippen molar-refractivity contribution in [2.24, 2.45) is 0 Å². The molecule has 10 nitrogen and oxygen atoms in total. The Bertz CT molecular complexity index is 1460. The van der Waals surface area contributed by atoms with E-state index in [1.807, 2.05) is 12.1 Å². The highest BCUT2D eigenvalue weighted by Crippen LogP contribution is 2.36. The van der Waals surface area contributed by atoms with Crippen LogP contribution in [0.2, 0.25) is 0 Å². The van der Waals surface area contributed by atoms with Gasteiger partial charge in [-0.2, -0.15) is 0 Å². The molecule has 2 aromatic heterocycles. The fourth-order valence-electron chi connectivity index (χ4n) is 5.16. The average Bonchev–Trinajstić information content (AvgIpc) is 3.55. The number of benzene rings is 2. The summed E-state index contributed by atoms with van der Waals surface area (Å²) in [4.78, 5) is 21.2. The average molecular weight is 506 g/mol. The van der Waals surface area contributed by atoms with Crippen molar-refractivity contribution in [3.8, 4) is 11.5 Å². The third-order valence-corrected chi connectivity index (χ3v) is 7.02. The predicted octanol–water partition coefficient (Wildman–Crippen LogP) is 2.55. The third kappa shape index (κ3) is 4.67. The van der Waals surface area contributed by atoms with Gasteiger partial charge in [-0.05, 0) is 53.2 Å². The summed E-state index contributed by atoms with van der Waals surface area (Å²) in [5.74, 6) is 1.53. The molecule has 0 amide bonds. The molecule has 0 unspecified atom stereocenters. The van der Waals surface area contributed by atoms with Crippen LogP contribution in [0, 0.1) is 5.82 Å². The molecule has 0 bridgehead atoms. The van der Waals surface area contributed by atoms with Crippen LogP contribution >= 0.6 is 0 Å². The summed E-state index contributed by atoms with van der Waals surface area (Å²) in [7, 11) is 0. The largest absolute Gasteiger partial charge is 0.454 e. The number of aromatic nitrogens is 5. The number of tetrazole rings is 1. The Morgan fingerprint density at radius 2 is 1.81 bits per heavy atom. The quantitative estimate of drug-likeness (QED) is 0.409. The predicted molar refractivity (Wildman–Crippen MR) is 134 cm³/mol. The van der Waals surface area contributed by atoms with Crippen molar-refractivity contribution in [2.45, 2.75) is 25.9 Å². The van der Waals surface area contributed by atoms with E-state index >= 15 is 0 Å². The second kappa shape index (κ2) is 9.91. The molecule has 1 atom stereocenters. The molecule has 6 rings (SSSR count). The third-order valence-electron chi connectivity index (χ3n) is 7.02. The van der Waals surface area contributed by atoms with Crippen LogP contribution < -0.4 is 15.0 Å². The zero-order valence-corrected chi connectivity index (χ0v) is 20.6. The smallest absolute Gasteiger partial charge is 0.253 e. The molecular weight excluding hydrogens is 477 g/mol. The molecule has 4 aromatic rings. The Kier molecular flexibility index (Phi) is 6.31. The maximum Gasteiger partial charge on any atom is 0.253 e. The van der Waals surface area contributed by atoms with Gasteiger partial charge in [0, 0.05) is 43.2 Å². The molecule has 2 aliphatic rings. The summed E-state index contributed by atoms with van der Waals surface area (Å²) in [5.41, 5.74) is 1.89. The molecule has 2 aliphatic heterocycles. The molecule has 0 spiro atoms. The zero-order chi connectivity index (χ0) is 25.4. The number of aromatic amines is 1. The van der Waals surface area contributed by atoms with E-state index in [-0.39, 0.29) is 18.2 Å². The number of H-pyrrole nitrogens is 1. The topological polar surface area (TPSA) is 101 Å². The summed E-state index contributed by atoms with van der Waals surface area (Å²) in [5, 5.41) is 13.4. The standard InChI is InChI=1S/C26H28FN7O3/c1-2-7-32-8-10-33(11-9-32)24(25-29-30-31-34(25)15-17-3-5-19(27)6-4-17)20-12-18-13-22-23(37-16-36-22)14-21(18)28-26(20)35/h3-6,12-14,24H,2,7-11,15-16H2,1H3,(H,28,35)/t24-/m0/s1. The van der Waals surface area contributed by atoms with Crippen molar-refractivity contribution in [1.82, 2.24) is 35.0 Å². The molecule has 192 valence electrons. The molecule has 0 radical (unpaired) electrons. The van der Waals surface area contributed by atoms with Gasteiger partial charge in [0.05, 0.1) is 12.1 Å². The molecule has 1 fully saturated rings.